The predicted molar refractivity (Wildman–Crippen MR) is 68.4 cm³/mol. The number of carbonyl (C=O) groups is 1. The lowest BCUT2D eigenvalue weighted by Gasteiger charge is -2.07. The lowest BCUT2D eigenvalue weighted by Crippen LogP contribution is -2.11. The van der Waals surface area contributed by atoms with Gasteiger partial charge in [-0.2, -0.15) is 0 Å². The number of benzene rings is 1. The van der Waals surface area contributed by atoms with Gasteiger partial charge in [-0.15, -0.1) is 0 Å². The van der Waals surface area contributed by atoms with E-state index in [0.717, 1.165) is 0 Å². The van der Waals surface area contributed by atoms with Crippen LogP contribution in [0.15, 0.2) is 36.4 Å². The summed E-state index contributed by atoms with van der Waals surface area (Å²) >= 11 is 0. The van der Waals surface area contributed by atoms with Gasteiger partial charge < -0.3 is 16.2 Å². The fraction of sp³-hybridized carbons (Fsp3) is 0.0769. The van der Waals surface area contributed by atoms with Gasteiger partial charge in [-0.25, -0.2) is 4.98 Å². The lowest BCUT2D eigenvalue weighted by molar-refractivity contribution is 0.0999. The molecule has 0 spiro atoms. The zero-order valence-electron chi connectivity index (χ0n) is 9.88. The summed E-state index contributed by atoms with van der Waals surface area (Å²) in [5, 5.41) is 0. The Morgan fingerprint density at radius 3 is 2.50 bits per heavy atom. The minimum atomic E-state index is -0.511. The van der Waals surface area contributed by atoms with Gasteiger partial charge in [0, 0.05) is 23.0 Å². The lowest BCUT2D eigenvalue weighted by atomic mass is 10.2. The van der Waals surface area contributed by atoms with Gasteiger partial charge in [0.2, 0.25) is 11.8 Å². The SMILES string of the molecule is Cc1cc(C(N)=O)cc(Oc2ccc(N)cc2)n1. The highest BCUT2D eigenvalue weighted by atomic mass is 16.5. The Kier molecular flexibility index (Phi) is 3.14. The second-order valence-electron chi connectivity index (χ2n) is 3.87. The highest BCUT2D eigenvalue weighted by molar-refractivity contribution is 5.93. The molecule has 2 rings (SSSR count). The Morgan fingerprint density at radius 1 is 1.22 bits per heavy atom. The number of ether oxygens (including phenoxy) is 1. The average Bonchev–Trinajstić information content (AvgIpc) is 2.31. The predicted octanol–water partition coefficient (Wildman–Crippen LogP) is 1.86. The number of primary amides is 1. The van der Waals surface area contributed by atoms with Crippen molar-refractivity contribution in [3.8, 4) is 11.6 Å². The molecule has 92 valence electrons. The molecule has 1 aromatic heterocycles. The number of aryl methyl sites for hydroxylation is 1. The van der Waals surface area contributed by atoms with Crippen LogP contribution in [0.4, 0.5) is 5.69 Å². The van der Waals surface area contributed by atoms with Crippen molar-refractivity contribution in [1.82, 2.24) is 4.98 Å². The molecule has 0 radical (unpaired) electrons. The van der Waals surface area contributed by atoms with Crippen molar-refractivity contribution in [3.05, 3.63) is 47.7 Å². The molecule has 0 atom stereocenters. The van der Waals surface area contributed by atoms with Gasteiger partial charge >= 0.3 is 0 Å². The van der Waals surface area contributed by atoms with Gasteiger partial charge in [0.1, 0.15) is 5.75 Å². The second kappa shape index (κ2) is 4.75. The van der Waals surface area contributed by atoms with E-state index in [2.05, 4.69) is 4.98 Å². The molecule has 0 bridgehead atoms. The molecular weight excluding hydrogens is 230 g/mol. The maximum Gasteiger partial charge on any atom is 0.248 e. The first-order valence-corrected chi connectivity index (χ1v) is 5.36. The summed E-state index contributed by atoms with van der Waals surface area (Å²) in [6.45, 7) is 1.77. The highest BCUT2D eigenvalue weighted by Crippen LogP contribution is 2.21. The molecule has 1 aromatic carbocycles. The summed E-state index contributed by atoms with van der Waals surface area (Å²) in [6.07, 6.45) is 0. The number of rotatable bonds is 3. The van der Waals surface area contributed by atoms with Crippen molar-refractivity contribution in [2.75, 3.05) is 5.73 Å². The van der Waals surface area contributed by atoms with Crippen LogP contribution in [0.5, 0.6) is 11.6 Å². The number of amides is 1. The van der Waals surface area contributed by atoms with Gasteiger partial charge in [-0.1, -0.05) is 0 Å². The van der Waals surface area contributed by atoms with Crippen LogP contribution in [0.25, 0.3) is 0 Å². The third-order valence-electron chi connectivity index (χ3n) is 2.32. The van der Waals surface area contributed by atoms with Crippen molar-refractivity contribution in [3.63, 3.8) is 0 Å². The Morgan fingerprint density at radius 2 is 1.89 bits per heavy atom. The summed E-state index contributed by atoms with van der Waals surface area (Å²) in [4.78, 5) is 15.3. The van der Waals surface area contributed by atoms with E-state index in [9.17, 15) is 4.79 Å². The van der Waals surface area contributed by atoms with Gasteiger partial charge in [-0.05, 0) is 37.3 Å². The quantitative estimate of drug-likeness (QED) is 0.805. The van der Waals surface area contributed by atoms with Gasteiger partial charge in [0.05, 0.1) is 0 Å². The third kappa shape index (κ3) is 2.76. The van der Waals surface area contributed by atoms with E-state index in [0.29, 0.717) is 28.6 Å². The number of nitrogens with two attached hydrogens (primary N) is 2. The standard InChI is InChI=1S/C13H13N3O2/c1-8-6-9(13(15)17)7-12(16-8)18-11-4-2-10(14)3-5-11/h2-7H,14H2,1H3,(H2,15,17). The average molecular weight is 243 g/mol. The molecule has 0 saturated carbocycles. The first-order valence-electron chi connectivity index (χ1n) is 5.36. The first-order chi connectivity index (χ1) is 8.54. The second-order valence-corrected chi connectivity index (χ2v) is 3.87. The molecule has 18 heavy (non-hydrogen) atoms. The molecule has 5 nitrogen and oxygen atoms in total. The first kappa shape index (κ1) is 11.9. The molecule has 2 aromatic rings. The smallest absolute Gasteiger partial charge is 0.248 e. The van der Waals surface area contributed by atoms with Crippen LogP contribution in [0, 0.1) is 6.92 Å². The van der Waals surface area contributed by atoms with Crippen LogP contribution in [-0.4, -0.2) is 10.9 Å². The fourth-order valence-electron chi connectivity index (χ4n) is 1.49. The molecule has 0 unspecified atom stereocenters. The van der Waals surface area contributed by atoms with Crippen molar-refractivity contribution < 1.29 is 9.53 Å². The van der Waals surface area contributed by atoms with Gasteiger partial charge in [0.25, 0.3) is 0 Å². The monoisotopic (exact) mass is 243 g/mol. The summed E-state index contributed by atoms with van der Waals surface area (Å²) < 4.78 is 5.53. The molecule has 0 fully saturated rings. The largest absolute Gasteiger partial charge is 0.439 e. The van der Waals surface area contributed by atoms with Crippen molar-refractivity contribution in [2.45, 2.75) is 6.92 Å². The Bertz CT molecular complexity index is 579. The van der Waals surface area contributed by atoms with E-state index in [1.807, 2.05) is 0 Å². The van der Waals surface area contributed by atoms with E-state index in [-0.39, 0.29) is 0 Å². The molecule has 1 amide bonds. The number of hydrogen-bond donors (Lipinski definition) is 2. The number of carbonyl (C=O) groups excluding carboxylic acids is 1. The topological polar surface area (TPSA) is 91.2 Å². The molecule has 0 saturated heterocycles. The minimum absolute atomic E-state index is 0.327. The number of anilines is 1. The van der Waals surface area contributed by atoms with Crippen LogP contribution in [0.2, 0.25) is 0 Å². The number of hydrogen-bond acceptors (Lipinski definition) is 4. The van der Waals surface area contributed by atoms with Crippen molar-refractivity contribution in [2.24, 2.45) is 5.73 Å². The molecule has 5 heteroatoms. The van der Waals surface area contributed by atoms with E-state index in [1.165, 1.54) is 6.07 Å². The van der Waals surface area contributed by atoms with Crippen molar-refractivity contribution in [1.29, 1.82) is 0 Å². The summed E-state index contributed by atoms with van der Waals surface area (Å²) in [6, 6.07) is 10.0. The van der Waals surface area contributed by atoms with E-state index < -0.39 is 5.91 Å². The Labute approximate surface area is 104 Å². The zero-order chi connectivity index (χ0) is 13.1. The van der Waals surface area contributed by atoms with Crippen molar-refractivity contribution >= 4 is 11.6 Å². The molecule has 4 N–H and O–H groups in total. The maximum absolute atomic E-state index is 11.1. The van der Waals surface area contributed by atoms with Crippen LogP contribution < -0.4 is 16.2 Å². The Balaban J connectivity index is 2.28. The number of nitrogen functional groups attached to an aromatic ring is 1. The fourth-order valence-corrected chi connectivity index (χ4v) is 1.49. The molecular formula is C13H13N3O2. The normalized spacial score (nSPS) is 10.1. The summed E-state index contributed by atoms with van der Waals surface area (Å²) in [7, 11) is 0. The van der Waals surface area contributed by atoms with Gasteiger partial charge in [-0.3, -0.25) is 4.79 Å². The number of aromatic nitrogens is 1. The Hall–Kier alpha value is -2.56. The van der Waals surface area contributed by atoms with Gasteiger partial charge in [0.15, 0.2) is 0 Å². The third-order valence-corrected chi connectivity index (χ3v) is 2.32. The summed E-state index contributed by atoms with van der Waals surface area (Å²) in [5.74, 6) is 0.411. The zero-order valence-corrected chi connectivity index (χ0v) is 9.88. The van der Waals surface area contributed by atoms with E-state index in [1.54, 1.807) is 37.3 Å². The van der Waals surface area contributed by atoms with E-state index >= 15 is 0 Å². The number of nitrogens with zero attached hydrogens (tertiary/aromatic N) is 1. The minimum Gasteiger partial charge on any atom is -0.439 e. The number of pyridine rings is 1. The maximum atomic E-state index is 11.1. The van der Waals surface area contributed by atoms with Crippen LogP contribution in [0.1, 0.15) is 16.1 Å². The van der Waals surface area contributed by atoms with Crippen LogP contribution in [0.3, 0.4) is 0 Å². The summed E-state index contributed by atoms with van der Waals surface area (Å²) in [5.41, 5.74) is 12.5. The highest BCUT2D eigenvalue weighted by Gasteiger charge is 2.06. The van der Waals surface area contributed by atoms with Crippen LogP contribution in [-0.2, 0) is 0 Å². The molecule has 0 aliphatic rings. The van der Waals surface area contributed by atoms with E-state index in [4.69, 9.17) is 16.2 Å². The molecule has 0 aliphatic heterocycles. The van der Waals surface area contributed by atoms with Crippen LogP contribution >= 0.6 is 0 Å². The molecule has 0 aliphatic carbocycles. The molecule has 1 heterocycles.